The van der Waals surface area contributed by atoms with E-state index in [1.165, 1.54) is 4.90 Å². The Hall–Kier alpha value is -1.63. The number of methoxy groups -OCH3 is 1. The lowest BCUT2D eigenvalue weighted by molar-refractivity contribution is 0.165. The Morgan fingerprint density at radius 1 is 1.38 bits per heavy atom. The maximum absolute atomic E-state index is 5.66. The molecule has 2 aromatic rings. The lowest BCUT2D eigenvalue weighted by atomic mass is 10.1. The zero-order valence-electron chi connectivity index (χ0n) is 14.2. The van der Waals surface area contributed by atoms with Crippen molar-refractivity contribution in [2.45, 2.75) is 17.9 Å². The number of ether oxygens (including phenoxy) is 1. The molecule has 0 aliphatic heterocycles. The van der Waals surface area contributed by atoms with E-state index in [-0.39, 0.29) is 6.04 Å². The first-order valence-corrected chi connectivity index (χ1v) is 9.39. The van der Waals surface area contributed by atoms with Gasteiger partial charge in [0, 0.05) is 36.6 Å². The van der Waals surface area contributed by atoms with Gasteiger partial charge in [0.15, 0.2) is 5.11 Å². The van der Waals surface area contributed by atoms with Crippen molar-refractivity contribution in [3.05, 3.63) is 54.4 Å². The summed E-state index contributed by atoms with van der Waals surface area (Å²) in [5, 5.41) is 4.03. The molecule has 0 fully saturated rings. The van der Waals surface area contributed by atoms with E-state index in [9.17, 15) is 0 Å². The fourth-order valence-electron chi connectivity index (χ4n) is 2.36. The van der Waals surface area contributed by atoms with Gasteiger partial charge in [0.2, 0.25) is 0 Å². The van der Waals surface area contributed by atoms with E-state index >= 15 is 0 Å². The molecule has 6 heteroatoms. The van der Waals surface area contributed by atoms with Gasteiger partial charge >= 0.3 is 0 Å². The minimum Gasteiger partial charge on any atom is -0.383 e. The van der Waals surface area contributed by atoms with E-state index in [4.69, 9.17) is 17.0 Å². The molecule has 0 aliphatic rings. The van der Waals surface area contributed by atoms with Crippen molar-refractivity contribution in [2.24, 2.45) is 0 Å². The van der Waals surface area contributed by atoms with Gasteiger partial charge in [-0.1, -0.05) is 12.1 Å². The summed E-state index contributed by atoms with van der Waals surface area (Å²) in [6.45, 7) is 3.44. The van der Waals surface area contributed by atoms with Gasteiger partial charge in [-0.3, -0.25) is 4.98 Å². The smallest absolute Gasteiger partial charge is 0.174 e. The van der Waals surface area contributed by atoms with Crippen LogP contribution in [0.15, 0.2) is 53.7 Å². The molecule has 0 spiro atoms. The number of hydrogen-bond donors (Lipinski definition) is 1. The van der Waals surface area contributed by atoms with Crippen LogP contribution in [0.4, 0.5) is 5.69 Å². The van der Waals surface area contributed by atoms with Gasteiger partial charge in [0.05, 0.1) is 12.6 Å². The van der Waals surface area contributed by atoms with Crippen LogP contribution in [0.2, 0.25) is 0 Å². The summed E-state index contributed by atoms with van der Waals surface area (Å²) >= 11 is 7.37. The molecular weight excluding hydrogens is 338 g/mol. The third-order valence-electron chi connectivity index (χ3n) is 3.75. The van der Waals surface area contributed by atoms with Gasteiger partial charge in [0.25, 0.3) is 0 Å². The second-order valence-electron chi connectivity index (χ2n) is 5.31. The van der Waals surface area contributed by atoms with Gasteiger partial charge in [0.1, 0.15) is 0 Å². The van der Waals surface area contributed by atoms with Crippen LogP contribution < -0.4 is 5.32 Å². The van der Waals surface area contributed by atoms with Crippen LogP contribution in [0.25, 0.3) is 0 Å². The largest absolute Gasteiger partial charge is 0.383 e. The molecule has 0 saturated heterocycles. The third-order valence-corrected chi connectivity index (χ3v) is 4.81. The summed E-state index contributed by atoms with van der Waals surface area (Å²) < 4.78 is 5.25. The molecule has 0 amide bonds. The highest BCUT2D eigenvalue weighted by atomic mass is 32.2. The van der Waals surface area contributed by atoms with Crippen LogP contribution in [0.1, 0.15) is 18.5 Å². The fraction of sp³-hybridized carbons (Fsp3) is 0.333. The number of aromatic nitrogens is 1. The Morgan fingerprint density at radius 2 is 2.21 bits per heavy atom. The van der Waals surface area contributed by atoms with Crippen LogP contribution in [0.5, 0.6) is 0 Å². The molecule has 1 aromatic carbocycles. The monoisotopic (exact) mass is 361 g/mol. The lowest BCUT2D eigenvalue weighted by Crippen LogP contribution is -2.39. The molecular formula is C18H23N3OS2. The number of nitrogens with one attached hydrogen (secondary N) is 1. The van der Waals surface area contributed by atoms with E-state index in [1.54, 1.807) is 25.1 Å². The van der Waals surface area contributed by atoms with Crippen molar-refractivity contribution in [2.75, 3.05) is 31.8 Å². The summed E-state index contributed by atoms with van der Waals surface area (Å²) in [4.78, 5) is 7.54. The Morgan fingerprint density at radius 3 is 2.88 bits per heavy atom. The van der Waals surface area contributed by atoms with E-state index in [2.05, 4.69) is 46.6 Å². The number of pyridine rings is 1. The molecule has 1 aromatic heterocycles. The Labute approximate surface area is 153 Å². The van der Waals surface area contributed by atoms with Crippen molar-refractivity contribution in [1.29, 1.82) is 0 Å². The van der Waals surface area contributed by atoms with Crippen molar-refractivity contribution >= 4 is 34.8 Å². The van der Waals surface area contributed by atoms with Gasteiger partial charge in [-0.25, -0.2) is 0 Å². The minimum absolute atomic E-state index is 0.109. The van der Waals surface area contributed by atoms with Crippen LogP contribution >= 0.6 is 24.0 Å². The molecule has 24 heavy (non-hydrogen) atoms. The highest BCUT2D eigenvalue weighted by Crippen LogP contribution is 2.22. The molecule has 0 aliphatic carbocycles. The molecule has 1 heterocycles. The van der Waals surface area contributed by atoms with Crippen LogP contribution in [-0.4, -0.2) is 41.5 Å². The molecule has 0 unspecified atom stereocenters. The summed E-state index contributed by atoms with van der Waals surface area (Å²) in [6, 6.07) is 12.3. The van der Waals surface area contributed by atoms with Crippen LogP contribution in [0.3, 0.4) is 0 Å². The highest BCUT2D eigenvalue weighted by Gasteiger charge is 2.19. The number of anilines is 1. The number of benzene rings is 1. The quantitative estimate of drug-likeness (QED) is 0.588. The number of rotatable bonds is 7. The van der Waals surface area contributed by atoms with E-state index in [0.29, 0.717) is 18.3 Å². The predicted molar refractivity (Wildman–Crippen MR) is 106 cm³/mol. The Balaban J connectivity index is 2.15. The molecule has 0 radical (unpaired) electrons. The zero-order chi connectivity index (χ0) is 17.4. The Bertz CT molecular complexity index is 652. The van der Waals surface area contributed by atoms with Crippen LogP contribution in [-0.2, 0) is 4.74 Å². The summed E-state index contributed by atoms with van der Waals surface area (Å²) in [7, 11) is 1.70. The van der Waals surface area contributed by atoms with E-state index in [0.717, 1.165) is 11.3 Å². The maximum Gasteiger partial charge on any atom is 0.174 e. The van der Waals surface area contributed by atoms with Crippen molar-refractivity contribution < 1.29 is 4.74 Å². The normalized spacial score (nSPS) is 11.8. The van der Waals surface area contributed by atoms with Gasteiger partial charge in [-0.15, -0.1) is 11.8 Å². The van der Waals surface area contributed by atoms with Crippen molar-refractivity contribution in [3.63, 3.8) is 0 Å². The van der Waals surface area contributed by atoms with Gasteiger partial charge < -0.3 is 15.0 Å². The fourth-order valence-corrected chi connectivity index (χ4v) is 3.19. The molecule has 0 saturated carbocycles. The first kappa shape index (κ1) is 18.7. The minimum atomic E-state index is 0.109. The maximum atomic E-state index is 5.66. The van der Waals surface area contributed by atoms with Crippen molar-refractivity contribution in [3.8, 4) is 0 Å². The molecule has 2 rings (SSSR count). The molecule has 4 nitrogen and oxygen atoms in total. The molecule has 1 atom stereocenters. The van der Waals surface area contributed by atoms with Gasteiger partial charge in [-0.2, -0.15) is 0 Å². The molecule has 0 bridgehead atoms. The second kappa shape index (κ2) is 9.61. The first-order valence-electron chi connectivity index (χ1n) is 7.76. The first-order chi connectivity index (χ1) is 11.7. The van der Waals surface area contributed by atoms with E-state index in [1.807, 2.05) is 24.4 Å². The summed E-state index contributed by atoms with van der Waals surface area (Å²) in [5.41, 5.74) is 2.11. The topological polar surface area (TPSA) is 37.4 Å². The average molecular weight is 362 g/mol. The van der Waals surface area contributed by atoms with E-state index < -0.39 is 0 Å². The highest BCUT2D eigenvalue weighted by molar-refractivity contribution is 7.98. The number of thioether (sulfide) groups is 1. The average Bonchev–Trinajstić information content (AvgIpc) is 2.62. The zero-order valence-corrected chi connectivity index (χ0v) is 15.9. The standard InChI is InChI=1S/C18H23N3OS2/c1-14(15-6-5-9-19-13-15)21(10-11-22-2)18(23)20-16-7-4-8-17(12-16)24-3/h4-9,12-14H,10-11H2,1-3H3,(H,20,23)/t14-/m0/s1. The summed E-state index contributed by atoms with van der Waals surface area (Å²) in [5.74, 6) is 0. The lowest BCUT2D eigenvalue weighted by Gasteiger charge is -2.32. The van der Waals surface area contributed by atoms with Crippen LogP contribution in [0, 0.1) is 0 Å². The predicted octanol–water partition coefficient (Wildman–Crippen LogP) is 4.21. The van der Waals surface area contributed by atoms with Crippen molar-refractivity contribution in [1.82, 2.24) is 9.88 Å². The number of hydrogen-bond acceptors (Lipinski definition) is 4. The second-order valence-corrected chi connectivity index (χ2v) is 6.58. The Kier molecular flexibility index (Phi) is 7.49. The SMILES string of the molecule is COCCN(C(=S)Nc1cccc(SC)c1)[C@@H](C)c1cccnc1. The third kappa shape index (κ3) is 5.19. The summed E-state index contributed by atoms with van der Waals surface area (Å²) in [6.07, 6.45) is 5.72. The number of thiocarbonyl (C=S) groups is 1. The van der Waals surface area contributed by atoms with Gasteiger partial charge in [-0.05, 0) is 55.2 Å². The number of nitrogens with zero attached hydrogens (tertiary/aromatic N) is 2. The molecule has 128 valence electrons. The molecule has 1 N–H and O–H groups in total.